The van der Waals surface area contributed by atoms with E-state index in [2.05, 4.69) is 40.7 Å². The van der Waals surface area contributed by atoms with Gasteiger partial charge in [-0.15, -0.1) is 0 Å². The van der Waals surface area contributed by atoms with E-state index in [0.717, 1.165) is 32.1 Å². The van der Waals surface area contributed by atoms with Crippen LogP contribution in [0.15, 0.2) is 11.6 Å². The lowest BCUT2D eigenvalue weighted by Gasteiger charge is -2.73. The number of carbonyl (C=O) groups is 1. The number of methoxy groups -OCH3 is 1. The summed E-state index contributed by atoms with van der Waals surface area (Å²) < 4.78 is 35.9. The first kappa shape index (κ1) is 46.7. The molecule has 8 N–H and O–H groups in total. The zero-order valence-corrected chi connectivity index (χ0v) is 37.0. The molecule has 7 aliphatic rings. The van der Waals surface area contributed by atoms with Gasteiger partial charge in [-0.1, -0.05) is 53.2 Å². The molecule has 0 amide bonds. The number of aliphatic hydroxyl groups is 8. The van der Waals surface area contributed by atoms with Crippen molar-refractivity contribution in [2.75, 3.05) is 26.9 Å². The fourth-order valence-corrected chi connectivity index (χ4v) is 14.2. The normalized spacial score (nSPS) is 53.8. The van der Waals surface area contributed by atoms with E-state index in [1.54, 1.807) is 14.0 Å². The van der Waals surface area contributed by atoms with Crippen LogP contribution in [-0.4, -0.2) is 153 Å². The third-order valence-electron chi connectivity index (χ3n) is 17.9. The quantitative estimate of drug-likeness (QED) is 0.0941. The lowest BCUT2D eigenvalue weighted by atomic mass is 9.32. The minimum Gasteiger partial charge on any atom is -0.463 e. The molecule has 0 radical (unpaired) electrons. The Morgan fingerprint density at radius 3 is 2.12 bits per heavy atom. The second-order valence-corrected chi connectivity index (χ2v) is 21.6. The number of esters is 1. The summed E-state index contributed by atoms with van der Waals surface area (Å²) in [6, 6.07) is 0. The predicted octanol–water partition coefficient (Wildman–Crippen LogP) is 1.96. The van der Waals surface area contributed by atoms with Crippen LogP contribution < -0.4 is 0 Å². The zero-order chi connectivity index (χ0) is 44.1. The van der Waals surface area contributed by atoms with Crippen molar-refractivity contribution in [2.24, 2.45) is 50.2 Å². The maximum absolute atomic E-state index is 12.1. The van der Waals surface area contributed by atoms with Crippen LogP contribution in [0.3, 0.4) is 0 Å². The van der Waals surface area contributed by atoms with E-state index in [-0.39, 0.29) is 58.7 Å². The van der Waals surface area contributed by atoms with Crippen molar-refractivity contribution in [3.63, 3.8) is 0 Å². The van der Waals surface area contributed by atoms with E-state index in [4.69, 9.17) is 28.4 Å². The highest BCUT2D eigenvalue weighted by atomic mass is 16.7. The van der Waals surface area contributed by atoms with E-state index in [9.17, 15) is 45.6 Å². The Hall–Kier alpha value is -1.31. The van der Waals surface area contributed by atoms with Crippen molar-refractivity contribution < 1.29 is 74.1 Å². The highest BCUT2D eigenvalue weighted by Crippen LogP contribution is 2.76. The summed E-state index contributed by atoms with van der Waals surface area (Å²) in [7, 11) is 1.77. The van der Waals surface area contributed by atoms with Crippen molar-refractivity contribution in [1.82, 2.24) is 0 Å². The van der Waals surface area contributed by atoms with Crippen molar-refractivity contribution in [3.05, 3.63) is 11.6 Å². The van der Waals surface area contributed by atoms with E-state index in [1.165, 1.54) is 12.5 Å². The average molecular weight is 855 g/mol. The van der Waals surface area contributed by atoms with Gasteiger partial charge in [0.2, 0.25) is 0 Å². The monoisotopic (exact) mass is 855 g/mol. The number of allylic oxidation sites excluding steroid dienone is 1. The molecule has 15 heteroatoms. The molecule has 344 valence electrons. The molecule has 21 atom stereocenters. The first-order valence-electron chi connectivity index (χ1n) is 22.3. The smallest absolute Gasteiger partial charge is 0.302 e. The van der Waals surface area contributed by atoms with Gasteiger partial charge in [-0.2, -0.15) is 0 Å². The van der Waals surface area contributed by atoms with E-state index in [1.807, 2.05) is 6.92 Å². The molecular weight excluding hydrogens is 780 g/mol. The molecule has 6 fully saturated rings. The summed E-state index contributed by atoms with van der Waals surface area (Å²) in [4.78, 5) is 11.4. The molecule has 4 saturated carbocycles. The Morgan fingerprint density at radius 2 is 1.48 bits per heavy atom. The van der Waals surface area contributed by atoms with E-state index in [0.29, 0.717) is 19.3 Å². The number of ether oxygens (including phenoxy) is 6. The van der Waals surface area contributed by atoms with Crippen molar-refractivity contribution >= 4 is 5.97 Å². The number of hydrogen-bond acceptors (Lipinski definition) is 15. The van der Waals surface area contributed by atoms with Gasteiger partial charge in [0.05, 0.1) is 37.6 Å². The summed E-state index contributed by atoms with van der Waals surface area (Å²) >= 11 is 0. The maximum Gasteiger partial charge on any atom is 0.302 e. The molecule has 0 bridgehead atoms. The number of carbonyl (C=O) groups excluding carboxylic acids is 1. The van der Waals surface area contributed by atoms with Gasteiger partial charge in [0.1, 0.15) is 49.3 Å². The molecule has 5 aliphatic carbocycles. The van der Waals surface area contributed by atoms with Crippen molar-refractivity contribution in [3.8, 4) is 0 Å². The highest BCUT2D eigenvalue weighted by Gasteiger charge is 2.72. The van der Waals surface area contributed by atoms with Gasteiger partial charge in [0.25, 0.3) is 0 Å². The van der Waals surface area contributed by atoms with Gasteiger partial charge in [-0.25, -0.2) is 0 Å². The van der Waals surface area contributed by atoms with Crippen LogP contribution >= 0.6 is 0 Å². The second-order valence-electron chi connectivity index (χ2n) is 21.6. The Balaban J connectivity index is 1.15. The summed E-state index contributed by atoms with van der Waals surface area (Å²) in [6.45, 7) is 15.7. The van der Waals surface area contributed by atoms with Gasteiger partial charge in [0.15, 0.2) is 12.6 Å². The van der Waals surface area contributed by atoms with Crippen molar-refractivity contribution in [1.29, 1.82) is 0 Å². The van der Waals surface area contributed by atoms with E-state index < -0.39 is 97.0 Å². The second kappa shape index (κ2) is 16.3. The standard InChI is InChI=1S/C45H74O15/c1-22-31(50)36(60-38-34(53)33(52)32(51)27(58-38)19-56-23(2)48)35(54)39(57-22)59-30-11-12-41(5)28(42(30,6)20-46)10-13-43(7)37(41)26(55-9)16-24-25-17-40(3,4)14-15-45(25,21-47)29(49)18-44(24,43)8/h16,22,25-39,46-47,49-54H,10-15,17-21H2,1-9H3/t22-,25+,26-,27-,28-,29+,30+,31+,32-,33+,34-,35-,36+,37-,38+,39+,41+,42+,43-,44-,45-/m1/s1. The summed E-state index contributed by atoms with van der Waals surface area (Å²) in [5.41, 5.74) is -1.01. The molecule has 0 aromatic rings. The largest absolute Gasteiger partial charge is 0.463 e. The van der Waals surface area contributed by atoms with Crippen LogP contribution in [0.2, 0.25) is 0 Å². The Morgan fingerprint density at radius 1 is 0.800 bits per heavy atom. The number of hydrogen-bond donors (Lipinski definition) is 8. The first-order valence-corrected chi connectivity index (χ1v) is 22.3. The molecule has 60 heavy (non-hydrogen) atoms. The molecule has 0 aromatic heterocycles. The maximum atomic E-state index is 12.1. The molecule has 0 unspecified atom stereocenters. The Bertz CT molecular complexity index is 1610. The zero-order valence-electron chi connectivity index (χ0n) is 37.0. The average Bonchev–Trinajstić information content (AvgIpc) is 3.19. The molecule has 15 nitrogen and oxygen atoms in total. The molecule has 2 saturated heterocycles. The van der Waals surface area contributed by atoms with Gasteiger partial charge in [0, 0.05) is 30.8 Å². The molecule has 7 rings (SSSR count). The van der Waals surface area contributed by atoms with Gasteiger partial charge in [-0.05, 0) is 91.8 Å². The van der Waals surface area contributed by atoms with Crippen LogP contribution in [0.1, 0.15) is 107 Å². The molecule has 2 heterocycles. The molecule has 2 aliphatic heterocycles. The SMILES string of the molecule is CO[C@@H]1C=C2[C@@H]3CC(C)(C)CC[C@]3(CO)[C@@H](O)C[C@@]2(C)[C@]2(C)CC[C@H]3[C@](C)(CO)[C@@H](O[C@@H]4O[C@H](C)[C@H](O)[C@H](O[C@@H]5O[C@H](COC(C)=O)[C@@H](O)[C@H](O)[C@H]5O)[C@H]4O)CC[C@]3(C)[C@@H]12. The number of rotatable bonds is 9. The lowest BCUT2D eigenvalue weighted by molar-refractivity contribution is -0.368. The minimum absolute atomic E-state index is 0.0182. The Labute approximate surface area is 354 Å². The number of aliphatic hydroxyl groups excluding tert-OH is 8. The van der Waals surface area contributed by atoms with Crippen LogP contribution in [0, 0.1) is 50.2 Å². The fourth-order valence-electron chi connectivity index (χ4n) is 14.2. The van der Waals surface area contributed by atoms with Crippen molar-refractivity contribution in [2.45, 2.75) is 186 Å². The predicted molar refractivity (Wildman–Crippen MR) is 215 cm³/mol. The van der Waals surface area contributed by atoms with Crippen LogP contribution in [-0.2, 0) is 33.2 Å². The van der Waals surface area contributed by atoms with Gasteiger partial charge < -0.3 is 69.3 Å². The van der Waals surface area contributed by atoms with Gasteiger partial charge in [-0.3, -0.25) is 4.79 Å². The summed E-state index contributed by atoms with van der Waals surface area (Å²) in [5.74, 6) is -0.654. The van der Waals surface area contributed by atoms with Crippen LogP contribution in [0.5, 0.6) is 0 Å². The summed E-state index contributed by atoms with van der Waals surface area (Å²) in [6.07, 6.45) is -7.88. The molecule has 0 spiro atoms. The number of fused-ring (bicyclic) bond motifs is 7. The molecule has 0 aromatic carbocycles. The lowest BCUT2D eigenvalue weighted by Crippen LogP contribution is -2.70. The third kappa shape index (κ3) is 7.07. The topological polar surface area (TPSA) is 234 Å². The highest BCUT2D eigenvalue weighted by molar-refractivity contribution is 5.65. The minimum atomic E-state index is -1.77. The third-order valence-corrected chi connectivity index (χ3v) is 17.9. The van der Waals surface area contributed by atoms with Gasteiger partial charge >= 0.3 is 5.97 Å². The Kier molecular flexibility index (Phi) is 12.7. The fraction of sp³-hybridized carbons (Fsp3) is 0.933. The summed E-state index contributed by atoms with van der Waals surface area (Å²) in [5, 5.41) is 89.4. The molecular formula is C45H74O15. The van der Waals surface area contributed by atoms with E-state index >= 15 is 0 Å². The van der Waals surface area contributed by atoms with Crippen LogP contribution in [0.4, 0.5) is 0 Å². The van der Waals surface area contributed by atoms with Crippen LogP contribution in [0.25, 0.3) is 0 Å². The first-order chi connectivity index (χ1) is 28.0.